The van der Waals surface area contributed by atoms with Crippen LogP contribution in [0.15, 0.2) is 42.7 Å². The first kappa shape index (κ1) is 15.1. The summed E-state index contributed by atoms with van der Waals surface area (Å²) in [5.74, 6) is 0.770. The molecule has 0 unspecified atom stereocenters. The third-order valence-electron chi connectivity index (χ3n) is 3.64. The second-order valence-corrected chi connectivity index (χ2v) is 5.99. The number of hydrogen-bond donors (Lipinski definition) is 0. The molecule has 0 N–H and O–H groups in total. The third kappa shape index (κ3) is 3.34. The molecule has 6 heteroatoms. The van der Waals surface area contributed by atoms with Crippen molar-refractivity contribution in [3.8, 4) is 5.75 Å². The van der Waals surface area contributed by atoms with E-state index in [0.29, 0.717) is 34.8 Å². The van der Waals surface area contributed by atoms with Gasteiger partial charge < -0.3 is 9.64 Å². The number of amides is 1. The number of benzene rings is 1. The van der Waals surface area contributed by atoms with Gasteiger partial charge in [-0.1, -0.05) is 29.3 Å². The minimum absolute atomic E-state index is 0.0267. The maximum atomic E-state index is 12.1. The first-order valence-corrected chi connectivity index (χ1v) is 7.64. The fourth-order valence-corrected chi connectivity index (χ4v) is 2.80. The highest BCUT2D eigenvalue weighted by atomic mass is 35.5. The van der Waals surface area contributed by atoms with Crippen LogP contribution in [0.25, 0.3) is 0 Å². The van der Waals surface area contributed by atoms with E-state index in [4.69, 9.17) is 27.9 Å². The van der Waals surface area contributed by atoms with Crippen LogP contribution in [0, 0.1) is 0 Å². The van der Waals surface area contributed by atoms with E-state index in [1.807, 2.05) is 18.3 Å². The Morgan fingerprint density at radius 3 is 2.82 bits per heavy atom. The molecule has 0 saturated carbocycles. The molecule has 1 aliphatic heterocycles. The van der Waals surface area contributed by atoms with Crippen LogP contribution in [0.5, 0.6) is 5.75 Å². The highest BCUT2D eigenvalue weighted by molar-refractivity contribution is 6.35. The Morgan fingerprint density at radius 1 is 1.32 bits per heavy atom. The molecule has 1 aliphatic rings. The maximum Gasteiger partial charge on any atom is 0.260 e. The molecule has 0 radical (unpaired) electrons. The predicted octanol–water partition coefficient (Wildman–Crippen LogP) is 3.39. The summed E-state index contributed by atoms with van der Waals surface area (Å²) in [6.07, 6.45) is 3.59. The molecular formula is C16H14Cl2N2O2. The van der Waals surface area contributed by atoms with Crippen LogP contribution < -0.4 is 4.74 Å². The van der Waals surface area contributed by atoms with Crippen molar-refractivity contribution in [2.24, 2.45) is 0 Å². The van der Waals surface area contributed by atoms with Crippen molar-refractivity contribution in [3.63, 3.8) is 0 Å². The zero-order chi connectivity index (χ0) is 15.5. The first-order chi connectivity index (χ1) is 10.6. The molecule has 0 spiro atoms. The average molecular weight is 337 g/mol. The van der Waals surface area contributed by atoms with E-state index in [0.717, 1.165) is 5.56 Å². The van der Waals surface area contributed by atoms with Crippen LogP contribution in [0.4, 0.5) is 0 Å². The molecule has 114 valence electrons. The lowest BCUT2D eigenvalue weighted by Gasteiger charge is -2.39. The Morgan fingerprint density at radius 2 is 2.14 bits per heavy atom. The summed E-state index contributed by atoms with van der Waals surface area (Å²) in [5, 5.41) is 0.933. The maximum absolute atomic E-state index is 12.1. The van der Waals surface area contributed by atoms with Crippen LogP contribution in [-0.4, -0.2) is 35.5 Å². The van der Waals surface area contributed by atoms with Crippen molar-refractivity contribution < 1.29 is 9.53 Å². The summed E-state index contributed by atoms with van der Waals surface area (Å²) in [5.41, 5.74) is 1.16. The summed E-state index contributed by atoms with van der Waals surface area (Å²) < 4.78 is 5.46. The van der Waals surface area contributed by atoms with E-state index in [1.165, 1.54) is 0 Å². The summed E-state index contributed by atoms with van der Waals surface area (Å²) in [7, 11) is 0. The van der Waals surface area contributed by atoms with Crippen molar-refractivity contribution in [3.05, 3.63) is 58.3 Å². The lowest BCUT2D eigenvalue weighted by molar-refractivity contribution is -0.137. The lowest BCUT2D eigenvalue weighted by Crippen LogP contribution is -2.50. The standard InChI is InChI=1S/C16H14Cl2N2O2/c17-13-3-4-15(14(18)6-13)22-10-16(21)20-8-12(9-20)11-2-1-5-19-7-11/h1-7,12H,8-10H2. The van der Waals surface area contributed by atoms with Crippen molar-refractivity contribution >= 4 is 29.1 Å². The fraction of sp³-hybridized carbons (Fsp3) is 0.250. The van der Waals surface area contributed by atoms with Crippen LogP contribution >= 0.6 is 23.2 Å². The molecule has 1 aromatic heterocycles. The molecule has 1 fully saturated rings. The summed E-state index contributed by atoms with van der Waals surface area (Å²) >= 11 is 11.8. The number of pyridine rings is 1. The Kier molecular flexibility index (Phi) is 4.50. The van der Waals surface area contributed by atoms with E-state index in [9.17, 15) is 4.79 Å². The number of hydrogen-bond acceptors (Lipinski definition) is 3. The Balaban J connectivity index is 1.50. The van der Waals surface area contributed by atoms with Gasteiger partial charge in [0.1, 0.15) is 5.75 Å². The highest BCUT2D eigenvalue weighted by Crippen LogP contribution is 2.29. The molecule has 1 saturated heterocycles. The van der Waals surface area contributed by atoms with Gasteiger partial charge in [-0.15, -0.1) is 0 Å². The molecule has 4 nitrogen and oxygen atoms in total. The van der Waals surface area contributed by atoms with Crippen LogP contribution in [0.2, 0.25) is 10.0 Å². The summed E-state index contributed by atoms with van der Waals surface area (Å²) in [6, 6.07) is 8.86. The second-order valence-electron chi connectivity index (χ2n) is 5.15. The van der Waals surface area contributed by atoms with Gasteiger partial charge in [-0.2, -0.15) is 0 Å². The highest BCUT2D eigenvalue weighted by Gasteiger charge is 2.31. The molecule has 2 aromatic rings. The molecule has 1 aromatic carbocycles. The molecule has 22 heavy (non-hydrogen) atoms. The number of aromatic nitrogens is 1. The van der Waals surface area contributed by atoms with Gasteiger partial charge >= 0.3 is 0 Å². The number of rotatable bonds is 4. The zero-order valence-corrected chi connectivity index (χ0v) is 13.2. The number of carbonyl (C=O) groups excluding carboxylic acids is 1. The van der Waals surface area contributed by atoms with Gasteiger partial charge in [-0.3, -0.25) is 9.78 Å². The Bertz CT molecular complexity index is 673. The van der Waals surface area contributed by atoms with Gasteiger partial charge in [0, 0.05) is 36.4 Å². The lowest BCUT2D eigenvalue weighted by atomic mass is 9.93. The van der Waals surface area contributed by atoms with Crippen molar-refractivity contribution in [2.75, 3.05) is 19.7 Å². The van der Waals surface area contributed by atoms with Crippen LogP contribution in [0.1, 0.15) is 11.5 Å². The topological polar surface area (TPSA) is 42.4 Å². The van der Waals surface area contributed by atoms with E-state index in [-0.39, 0.29) is 12.5 Å². The van der Waals surface area contributed by atoms with Gasteiger partial charge in [0.05, 0.1) is 5.02 Å². The van der Waals surface area contributed by atoms with Crippen molar-refractivity contribution in [1.82, 2.24) is 9.88 Å². The van der Waals surface area contributed by atoms with E-state index in [1.54, 1.807) is 29.3 Å². The van der Waals surface area contributed by atoms with Gasteiger partial charge in [-0.05, 0) is 29.8 Å². The number of carbonyl (C=O) groups is 1. The average Bonchev–Trinajstić information content (AvgIpc) is 2.46. The largest absolute Gasteiger partial charge is 0.482 e. The Labute approximate surface area is 138 Å². The van der Waals surface area contributed by atoms with E-state index >= 15 is 0 Å². The number of likely N-dealkylation sites (tertiary alicyclic amines) is 1. The second kappa shape index (κ2) is 6.55. The van der Waals surface area contributed by atoms with Crippen molar-refractivity contribution in [2.45, 2.75) is 5.92 Å². The zero-order valence-electron chi connectivity index (χ0n) is 11.7. The van der Waals surface area contributed by atoms with Gasteiger partial charge in [-0.25, -0.2) is 0 Å². The number of ether oxygens (including phenoxy) is 1. The predicted molar refractivity (Wildman–Crippen MR) is 85.5 cm³/mol. The summed E-state index contributed by atoms with van der Waals surface area (Å²) in [4.78, 5) is 17.9. The summed E-state index contributed by atoms with van der Waals surface area (Å²) in [6.45, 7) is 1.37. The Hall–Kier alpha value is -1.78. The molecular weight excluding hydrogens is 323 g/mol. The molecule has 1 amide bonds. The van der Waals surface area contributed by atoms with Crippen LogP contribution in [0.3, 0.4) is 0 Å². The third-order valence-corrected chi connectivity index (χ3v) is 4.17. The quantitative estimate of drug-likeness (QED) is 0.859. The first-order valence-electron chi connectivity index (χ1n) is 6.89. The smallest absolute Gasteiger partial charge is 0.260 e. The van der Waals surface area contributed by atoms with Crippen molar-refractivity contribution in [1.29, 1.82) is 0 Å². The van der Waals surface area contributed by atoms with E-state index in [2.05, 4.69) is 4.98 Å². The minimum atomic E-state index is -0.0499. The van der Waals surface area contributed by atoms with Crippen LogP contribution in [-0.2, 0) is 4.79 Å². The SMILES string of the molecule is O=C(COc1ccc(Cl)cc1Cl)N1CC(c2cccnc2)C1. The molecule has 0 aliphatic carbocycles. The molecule has 3 rings (SSSR count). The van der Waals surface area contributed by atoms with Gasteiger partial charge in [0.15, 0.2) is 6.61 Å². The monoisotopic (exact) mass is 336 g/mol. The van der Waals surface area contributed by atoms with E-state index < -0.39 is 0 Å². The number of halogens is 2. The van der Waals surface area contributed by atoms with Gasteiger partial charge in [0.25, 0.3) is 5.91 Å². The molecule has 0 atom stereocenters. The fourth-order valence-electron chi connectivity index (χ4n) is 2.33. The molecule has 0 bridgehead atoms. The molecule has 2 heterocycles. The normalized spacial score (nSPS) is 14.5. The minimum Gasteiger partial charge on any atom is -0.482 e. The number of nitrogens with zero attached hydrogens (tertiary/aromatic N) is 2. The van der Waals surface area contributed by atoms with Gasteiger partial charge in [0.2, 0.25) is 0 Å².